The largest absolute Gasteiger partial charge is 0.353 e. The summed E-state index contributed by atoms with van der Waals surface area (Å²) < 4.78 is 1.92. The van der Waals surface area contributed by atoms with Crippen LogP contribution in [0, 0.1) is 25.2 Å². The Hall–Kier alpha value is -3.14. The average Bonchev–Trinajstić information content (AvgIpc) is 2.95. The zero-order valence-corrected chi connectivity index (χ0v) is 14.3. The molecule has 3 aromatic heterocycles. The van der Waals surface area contributed by atoms with Crippen LogP contribution >= 0.6 is 0 Å². The molecule has 0 amide bonds. The normalized spacial score (nSPS) is 14.8. The lowest BCUT2D eigenvalue weighted by atomic mass is 10.2. The zero-order valence-electron chi connectivity index (χ0n) is 14.3. The van der Waals surface area contributed by atoms with Crippen LogP contribution in [0.15, 0.2) is 30.5 Å². The maximum Gasteiger partial charge on any atom is 0.154 e. The Morgan fingerprint density at radius 2 is 1.64 bits per heavy atom. The van der Waals surface area contributed by atoms with Crippen molar-refractivity contribution in [1.82, 2.24) is 19.6 Å². The Morgan fingerprint density at radius 3 is 2.28 bits per heavy atom. The molecule has 1 saturated heterocycles. The summed E-state index contributed by atoms with van der Waals surface area (Å²) in [6.07, 6.45) is 1.63. The fourth-order valence-electron chi connectivity index (χ4n) is 3.12. The van der Waals surface area contributed by atoms with Gasteiger partial charge >= 0.3 is 0 Å². The number of nitrogens with zero attached hydrogens (tertiary/aromatic N) is 7. The molecule has 0 bridgehead atoms. The summed E-state index contributed by atoms with van der Waals surface area (Å²) >= 11 is 0. The molecule has 126 valence electrons. The second kappa shape index (κ2) is 6.06. The summed E-state index contributed by atoms with van der Waals surface area (Å²) in [6, 6.07) is 9.89. The van der Waals surface area contributed by atoms with E-state index in [2.05, 4.69) is 25.8 Å². The van der Waals surface area contributed by atoms with Crippen molar-refractivity contribution in [3.8, 4) is 6.07 Å². The first-order valence-corrected chi connectivity index (χ1v) is 8.35. The highest BCUT2D eigenvalue weighted by Crippen LogP contribution is 2.19. The van der Waals surface area contributed by atoms with Crippen molar-refractivity contribution in [3.05, 3.63) is 47.4 Å². The Balaban J connectivity index is 1.49. The third-order valence-electron chi connectivity index (χ3n) is 4.73. The van der Waals surface area contributed by atoms with Gasteiger partial charge in [-0.1, -0.05) is 0 Å². The number of aromatic nitrogens is 4. The van der Waals surface area contributed by atoms with Gasteiger partial charge in [0, 0.05) is 32.4 Å². The molecule has 0 aliphatic carbocycles. The number of piperazine rings is 1. The SMILES string of the molecule is Cc1nc2ccc(N3CCN(c4ccc(C#N)cn4)CC3)nn2c1C. The van der Waals surface area contributed by atoms with Crippen LogP contribution in [-0.2, 0) is 0 Å². The van der Waals surface area contributed by atoms with E-state index in [9.17, 15) is 0 Å². The molecule has 4 heterocycles. The first kappa shape index (κ1) is 15.4. The van der Waals surface area contributed by atoms with Crippen molar-refractivity contribution in [3.63, 3.8) is 0 Å². The number of fused-ring (bicyclic) bond motifs is 1. The molecule has 7 heteroatoms. The number of imidazole rings is 1. The van der Waals surface area contributed by atoms with Crippen molar-refractivity contribution in [2.45, 2.75) is 13.8 Å². The molecule has 0 saturated carbocycles. The minimum absolute atomic E-state index is 0.589. The molecule has 0 N–H and O–H groups in total. The molecule has 1 aliphatic heterocycles. The van der Waals surface area contributed by atoms with E-state index in [1.54, 1.807) is 6.20 Å². The molecule has 3 aromatic rings. The minimum atomic E-state index is 0.589. The van der Waals surface area contributed by atoms with Crippen molar-refractivity contribution >= 4 is 17.3 Å². The second-order valence-electron chi connectivity index (χ2n) is 6.24. The van der Waals surface area contributed by atoms with E-state index in [-0.39, 0.29) is 0 Å². The summed E-state index contributed by atoms with van der Waals surface area (Å²) in [5.74, 6) is 1.89. The van der Waals surface area contributed by atoms with Crippen LogP contribution in [0.3, 0.4) is 0 Å². The highest BCUT2D eigenvalue weighted by atomic mass is 15.4. The molecule has 0 spiro atoms. The topological polar surface area (TPSA) is 73.3 Å². The number of hydrogen-bond donors (Lipinski definition) is 0. The lowest BCUT2D eigenvalue weighted by molar-refractivity contribution is 0.635. The fourth-order valence-corrected chi connectivity index (χ4v) is 3.12. The van der Waals surface area contributed by atoms with Crippen LogP contribution < -0.4 is 9.80 Å². The summed E-state index contributed by atoms with van der Waals surface area (Å²) in [6.45, 7) is 7.56. The van der Waals surface area contributed by atoms with Crippen LogP contribution in [0.4, 0.5) is 11.6 Å². The van der Waals surface area contributed by atoms with Crippen LogP contribution in [0.1, 0.15) is 17.0 Å². The zero-order chi connectivity index (χ0) is 17.4. The van der Waals surface area contributed by atoms with E-state index in [1.165, 1.54) is 0 Å². The molecular weight excluding hydrogens is 314 g/mol. The number of aryl methyl sites for hydroxylation is 2. The molecule has 0 radical (unpaired) electrons. The summed E-state index contributed by atoms with van der Waals surface area (Å²) in [5, 5.41) is 13.6. The summed E-state index contributed by atoms with van der Waals surface area (Å²) in [4.78, 5) is 13.4. The molecule has 4 rings (SSSR count). The van der Waals surface area contributed by atoms with Gasteiger partial charge in [-0.15, -0.1) is 5.10 Å². The Bertz CT molecular complexity index is 944. The first-order chi connectivity index (χ1) is 12.2. The fraction of sp³-hybridized carbons (Fsp3) is 0.333. The predicted molar refractivity (Wildman–Crippen MR) is 95.8 cm³/mol. The maximum absolute atomic E-state index is 8.87. The number of pyridine rings is 1. The quantitative estimate of drug-likeness (QED) is 0.713. The van der Waals surface area contributed by atoms with Crippen molar-refractivity contribution < 1.29 is 0 Å². The highest BCUT2D eigenvalue weighted by Gasteiger charge is 2.20. The van der Waals surface area contributed by atoms with Gasteiger partial charge < -0.3 is 9.80 Å². The van der Waals surface area contributed by atoms with E-state index in [0.29, 0.717) is 5.56 Å². The minimum Gasteiger partial charge on any atom is -0.353 e. The third kappa shape index (κ3) is 2.76. The summed E-state index contributed by atoms with van der Waals surface area (Å²) in [5.41, 5.74) is 3.57. The Morgan fingerprint density at radius 1 is 0.960 bits per heavy atom. The van der Waals surface area contributed by atoms with Gasteiger partial charge in [0.15, 0.2) is 5.65 Å². The molecule has 1 aliphatic rings. The second-order valence-corrected chi connectivity index (χ2v) is 6.24. The van der Waals surface area contributed by atoms with Crippen LogP contribution in [0.5, 0.6) is 0 Å². The highest BCUT2D eigenvalue weighted by molar-refractivity contribution is 5.50. The number of nitriles is 1. The molecule has 25 heavy (non-hydrogen) atoms. The smallest absolute Gasteiger partial charge is 0.154 e. The van der Waals surface area contributed by atoms with Gasteiger partial charge in [0.2, 0.25) is 0 Å². The number of hydrogen-bond acceptors (Lipinski definition) is 6. The van der Waals surface area contributed by atoms with E-state index < -0.39 is 0 Å². The Labute approximate surface area is 146 Å². The molecular formula is C18H19N7. The van der Waals surface area contributed by atoms with Crippen molar-refractivity contribution in [2.24, 2.45) is 0 Å². The molecule has 0 unspecified atom stereocenters. The third-order valence-corrected chi connectivity index (χ3v) is 4.73. The Kier molecular flexibility index (Phi) is 3.73. The van der Waals surface area contributed by atoms with Gasteiger partial charge in [0.1, 0.15) is 17.7 Å². The van der Waals surface area contributed by atoms with E-state index in [0.717, 1.165) is 54.8 Å². The van der Waals surface area contributed by atoms with Crippen LogP contribution in [0.25, 0.3) is 5.65 Å². The lowest BCUT2D eigenvalue weighted by Crippen LogP contribution is -2.47. The van der Waals surface area contributed by atoms with Gasteiger partial charge in [0.25, 0.3) is 0 Å². The van der Waals surface area contributed by atoms with Crippen LogP contribution in [0.2, 0.25) is 0 Å². The van der Waals surface area contributed by atoms with Crippen molar-refractivity contribution in [2.75, 3.05) is 36.0 Å². The molecule has 0 aromatic carbocycles. The van der Waals surface area contributed by atoms with Gasteiger partial charge in [-0.3, -0.25) is 0 Å². The van der Waals surface area contributed by atoms with Gasteiger partial charge in [0.05, 0.1) is 17.0 Å². The molecule has 7 nitrogen and oxygen atoms in total. The standard InChI is InChI=1S/C18H19N7/c1-13-14(2)25-17(21-13)5-6-18(22-25)24-9-7-23(8-10-24)16-4-3-15(11-19)12-20-16/h3-6,12H,7-10H2,1-2H3. The summed E-state index contributed by atoms with van der Waals surface area (Å²) in [7, 11) is 0. The van der Waals surface area contributed by atoms with Gasteiger partial charge in [-0.25, -0.2) is 14.5 Å². The van der Waals surface area contributed by atoms with Gasteiger partial charge in [-0.2, -0.15) is 5.26 Å². The lowest BCUT2D eigenvalue weighted by Gasteiger charge is -2.35. The van der Waals surface area contributed by atoms with Crippen LogP contribution in [-0.4, -0.2) is 45.8 Å². The van der Waals surface area contributed by atoms with E-state index in [4.69, 9.17) is 10.4 Å². The van der Waals surface area contributed by atoms with Gasteiger partial charge in [-0.05, 0) is 38.1 Å². The average molecular weight is 333 g/mol. The van der Waals surface area contributed by atoms with E-state index >= 15 is 0 Å². The number of anilines is 2. The van der Waals surface area contributed by atoms with E-state index in [1.807, 2.05) is 42.6 Å². The van der Waals surface area contributed by atoms with Crippen molar-refractivity contribution in [1.29, 1.82) is 5.26 Å². The first-order valence-electron chi connectivity index (χ1n) is 8.35. The maximum atomic E-state index is 8.87. The number of rotatable bonds is 2. The predicted octanol–water partition coefficient (Wildman–Crippen LogP) is 1.94. The molecule has 0 atom stereocenters. The molecule has 1 fully saturated rings. The monoisotopic (exact) mass is 333 g/mol.